The highest BCUT2D eigenvalue weighted by Gasteiger charge is 2.25. The van der Waals surface area contributed by atoms with Gasteiger partial charge in [0.1, 0.15) is 5.69 Å². The third kappa shape index (κ3) is 2.31. The van der Waals surface area contributed by atoms with E-state index < -0.39 is 5.97 Å². The molecule has 0 radical (unpaired) electrons. The van der Waals surface area contributed by atoms with E-state index in [0.717, 1.165) is 29.8 Å². The van der Waals surface area contributed by atoms with Crippen molar-refractivity contribution in [1.82, 2.24) is 24.8 Å². The van der Waals surface area contributed by atoms with Crippen molar-refractivity contribution in [3.05, 3.63) is 17.1 Å². The summed E-state index contributed by atoms with van der Waals surface area (Å²) in [5.74, 6) is -1.06. The van der Waals surface area contributed by atoms with E-state index in [-0.39, 0.29) is 5.69 Å². The molecular weight excluding hydrogens is 258 g/mol. The van der Waals surface area contributed by atoms with Gasteiger partial charge in [0.15, 0.2) is 5.69 Å². The van der Waals surface area contributed by atoms with Crippen LogP contribution < -0.4 is 0 Å². The van der Waals surface area contributed by atoms with Crippen molar-refractivity contribution in [2.75, 3.05) is 0 Å². The second-order valence-corrected chi connectivity index (χ2v) is 4.84. The Kier molecular flexibility index (Phi) is 3.87. The predicted octanol–water partition coefficient (Wildman–Crippen LogP) is 1.79. The fourth-order valence-electron chi connectivity index (χ4n) is 2.29. The first-order valence-electron chi connectivity index (χ1n) is 6.64. The first-order valence-corrected chi connectivity index (χ1v) is 6.64. The van der Waals surface area contributed by atoms with Gasteiger partial charge >= 0.3 is 5.97 Å². The average molecular weight is 277 g/mol. The first kappa shape index (κ1) is 14.2. The van der Waals surface area contributed by atoms with Gasteiger partial charge in [-0.2, -0.15) is 5.10 Å². The molecule has 0 spiro atoms. The molecule has 0 aliphatic carbocycles. The van der Waals surface area contributed by atoms with Crippen LogP contribution in [-0.4, -0.2) is 35.9 Å². The number of nitrogens with zero attached hydrogens (tertiary/aromatic N) is 5. The van der Waals surface area contributed by atoms with Crippen LogP contribution in [0.4, 0.5) is 0 Å². The predicted molar refractivity (Wildman–Crippen MR) is 73.6 cm³/mol. The molecule has 0 aromatic carbocycles. The summed E-state index contributed by atoms with van der Waals surface area (Å²) in [4.78, 5) is 11.4. The summed E-state index contributed by atoms with van der Waals surface area (Å²) in [6, 6.07) is 0. The highest BCUT2D eigenvalue weighted by molar-refractivity contribution is 5.93. The second kappa shape index (κ2) is 5.44. The lowest BCUT2D eigenvalue weighted by Crippen LogP contribution is -2.06. The van der Waals surface area contributed by atoms with Crippen LogP contribution in [0.3, 0.4) is 0 Å². The molecule has 108 valence electrons. The third-order valence-corrected chi connectivity index (χ3v) is 3.41. The van der Waals surface area contributed by atoms with Gasteiger partial charge < -0.3 is 5.11 Å². The van der Waals surface area contributed by atoms with Gasteiger partial charge in [-0.3, -0.25) is 4.68 Å². The van der Waals surface area contributed by atoms with Crippen LogP contribution in [0.5, 0.6) is 0 Å². The summed E-state index contributed by atoms with van der Waals surface area (Å²) < 4.78 is 3.41. The number of carboxylic acids is 1. The van der Waals surface area contributed by atoms with Crippen molar-refractivity contribution in [2.45, 2.75) is 40.2 Å². The SMILES string of the molecule is CCCCn1nnc(C(=O)O)c1-c1c(C)nn(C)c1C. The van der Waals surface area contributed by atoms with Gasteiger partial charge in [-0.05, 0) is 20.3 Å². The molecule has 0 saturated carbocycles. The molecule has 0 aliphatic heterocycles. The standard InChI is InChI=1S/C13H19N5O2/c1-5-6-7-18-12(11(13(19)20)14-16-18)10-8(2)15-17(4)9(10)3/h5-7H2,1-4H3,(H,19,20). The van der Waals surface area contributed by atoms with Crippen molar-refractivity contribution in [3.8, 4) is 11.3 Å². The van der Waals surface area contributed by atoms with Crippen LogP contribution in [0.15, 0.2) is 0 Å². The monoisotopic (exact) mass is 277 g/mol. The molecule has 0 amide bonds. The molecule has 7 nitrogen and oxygen atoms in total. The largest absolute Gasteiger partial charge is 0.476 e. The molecular formula is C13H19N5O2. The Morgan fingerprint density at radius 2 is 2.05 bits per heavy atom. The summed E-state index contributed by atoms with van der Waals surface area (Å²) in [5.41, 5.74) is 3.04. The molecule has 0 saturated heterocycles. The number of carbonyl (C=O) groups is 1. The molecule has 0 unspecified atom stereocenters. The highest BCUT2D eigenvalue weighted by atomic mass is 16.4. The number of aryl methyl sites for hydroxylation is 3. The van der Waals surface area contributed by atoms with Crippen molar-refractivity contribution in [1.29, 1.82) is 0 Å². The van der Waals surface area contributed by atoms with Crippen LogP contribution in [0.2, 0.25) is 0 Å². The average Bonchev–Trinajstić information content (AvgIpc) is 2.89. The number of rotatable bonds is 5. The quantitative estimate of drug-likeness (QED) is 0.900. The van der Waals surface area contributed by atoms with Crippen LogP contribution >= 0.6 is 0 Å². The minimum atomic E-state index is -1.06. The molecule has 0 aliphatic rings. The van der Waals surface area contributed by atoms with Gasteiger partial charge in [0, 0.05) is 24.8 Å². The molecule has 2 heterocycles. The van der Waals surface area contributed by atoms with E-state index in [1.807, 2.05) is 20.9 Å². The van der Waals surface area contributed by atoms with E-state index in [0.29, 0.717) is 12.2 Å². The summed E-state index contributed by atoms with van der Waals surface area (Å²) in [7, 11) is 1.84. The van der Waals surface area contributed by atoms with Gasteiger partial charge in [0.2, 0.25) is 0 Å². The zero-order valence-corrected chi connectivity index (χ0v) is 12.2. The van der Waals surface area contributed by atoms with E-state index in [2.05, 4.69) is 22.3 Å². The van der Waals surface area contributed by atoms with Crippen LogP contribution in [0.1, 0.15) is 41.6 Å². The Hall–Kier alpha value is -2.18. The Morgan fingerprint density at radius 1 is 1.35 bits per heavy atom. The Balaban J connectivity index is 2.63. The Bertz CT molecular complexity index is 641. The molecule has 1 N–H and O–H groups in total. The van der Waals surface area contributed by atoms with E-state index in [1.165, 1.54) is 0 Å². The normalized spacial score (nSPS) is 11.0. The number of carboxylic acid groups (broad SMARTS) is 1. The number of aromatic nitrogens is 5. The Labute approximate surface area is 117 Å². The number of unbranched alkanes of at least 4 members (excludes halogenated alkanes) is 1. The minimum absolute atomic E-state index is 0.0136. The van der Waals surface area contributed by atoms with Gasteiger partial charge in [-0.1, -0.05) is 18.6 Å². The van der Waals surface area contributed by atoms with E-state index in [4.69, 9.17) is 0 Å². The summed E-state index contributed by atoms with van der Waals surface area (Å²) in [5, 5.41) is 21.5. The molecule has 0 bridgehead atoms. The molecule has 20 heavy (non-hydrogen) atoms. The topological polar surface area (TPSA) is 85.8 Å². The van der Waals surface area contributed by atoms with Crippen LogP contribution in [0, 0.1) is 13.8 Å². The highest BCUT2D eigenvalue weighted by Crippen LogP contribution is 2.29. The van der Waals surface area contributed by atoms with Crippen LogP contribution in [0.25, 0.3) is 11.3 Å². The smallest absolute Gasteiger partial charge is 0.358 e. The number of aromatic carboxylic acids is 1. The summed E-state index contributed by atoms with van der Waals surface area (Å²) in [6.45, 7) is 6.51. The molecule has 7 heteroatoms. The maximum absolute atomic E-state index is 11.4. The summed E-state index contributed by atoms with van der Waals surface area (Å²) >= 11 is 0. The maximum Gasteiger partial charge on any atom is 0.358 e. The second-order valence-electron chi connectivity index (χ2n) is 4.84. The zero-order valence-electron chi connectivity index (χ0n) is 12.2. The van der Waals surface area contributed by atoms with Gasteiger partial charge in [0.25, 0.3) is 0 Å². The molecule has 2 aromatic heterocycles. The van der Waals surface area contributed by atoms with Crippen molar-refractivity contribution >= 4 is 5.97 Å². The lowest BCUT2D eigenvalue weighted by molar-refractivity contribution is 0.0691. The van der Waals surface area contributed by atoms with Gasteiger partial charge in [-0.25, -0.2) is 9.48 Å². The lowest BCUT2D eigenvalue weighted by Gasteiger charge is -2.07. The van der Waals surface area contributed by atoms with Gasteiger partial charge in [0.05, 0.1) is 5.69 Å². The lowest BCUT2D eigenvalue weighted by atomic mass is 10.1. The molecule has 2 rings (SSSR count). The Morgan fingerprint density at radius 3 is 2.55 bits per heavy atom. The van der Waals surface area contributed by atoms with Gasteiger partial charge in [-0.15, -0.1) is 5.10 Å². The molecule has 2 aromatic rings. The van der Waals surface area contributed by atoms with E-state index in [1.54, 1.807) is 9.36 Å². The number of hydrogen-bond acceptors (Lipinski definition) is 4. The zero-order chi connectivity index (χ0) is 14.9. The van der Waals surface area contributed by atoms with Crippen molar-refractivity contribution in [3.63, 3.8) is 0 Å². The fraction of sp³-hybridized carbons (Fsp3) is 0.538. The fourth-order valence-corrected chi connectivity index (χ4v) is 2.29. The third-order valence-electron chi connectivity index (χ3n) is 3.41. The first-order chi connectivity index (χ1) is 9.47. The van der Waals surface area contributed by atoms with Crippen molar-refractivity contribution in [2.24, 2.45) is 7.05 Å². The van der Waals surface area contributed by atoms with Crippen molar-refractivity contribution < 1.29 is 9.90 Å². The molecule has 0 fully saturated rings. The maximum atomic E-state index is 11.4. The number of hydrogen-bond donors (Lipinski definition) is 1. The van der Waals surface area contributed by atoms with E-state index in [9.17, 15) is 9.90 Å². The molecule has 0 atom stereocenters. The minimum Gasteiger partial charge on any atom is -0.476 e. The van der Waals surface area contributed by atoms with Crippen LogP contribution in [-0.2, 0) is 13.6 Å². The van der Waals surface area contributed by atoms with E-state index >= 15 is 0 Å². The summed E-state index contributed by atoms with van der Waals surface area (Å²) in [6.07, 6.45) is 1.93.